The Hall–Kier alpha value is -0.820. The average molecular weight is 175 g/mol. The van der Waals surface area contributed by atoms with Gasteiger partial charge in [0.25, 0.3) is 0 Å². The highest BCUT2D eigenvalue weighted by Crippen LogP contribution is 2.31. The Labute approximate surface area is 80.2 Å². The highest BCUT2D eigenvalue weighted by atomic mass is 15.0. The summed E-state index contributed by atoms with van der Waals surface area (Å²) >= 11 is 0. The predicted octanol–water partition coefficient (Wildman–Crippen LogP) is 2.40. The zero-order valence-electron chi connectivity index (χ0n) is 8.33. The molecule has 1 N–H and O–H groups in total. The van der Waals surface area contributed by atoms with Crippen LogP contribution in [-0.2, 0) is 0 Å². The first-order valence-corrected chi connectivity index (χ1v) is 5.07. The molecule has 13 heavy (non-hydrogen) atoms. The van der Waals surface area contributed by atoms with Crippen LogP contribution in [0.2, 0.25) is 0 Å². The molecule has 1 aliphatic rings. The smallest absolute Gasteiger partial charge is 0.0111 e. The lowest BCUT2D eigenvalue weighted by Crippen LogP contribution is -2.21. The van der Waals surface area contributed by atoms with Crippen molar-refractivity contribution in [1.29, 1.82) is 0 Å². The average Bonchev–Trinajstić information content (AvgIpc) is 2.48. The summed E-state index contributed by atoms with van der Waals surface area (Å²) in [6.07, 6.45) is 0. The number of hydrogen-bond acceptors (Lipinski definition) is 1. The van der Waals surface area contributed by atoms with E-state index in [9.17, 15) is 0 Å². The van der Waals surface area contributed by atoms with Crippen LogP contribution in [0.3, 0.4) is 0 Å². The summed E-state index contributed by atoms with van der Waals surface area (Å²) in [5.41, 5.74) is 1.48. The maximum Gasteiger partial charge on any atom is 0.0111 e. The number of nitrogens with one attached hydrogen (secondary N) is 1. The molecule has 1 aromatic carbocycles. The first-order chi connectivity index (χ1) is 6.29. The number of benzene rings is 1. The van der Waals surface area contributed by atoms with Gasteiger partial charge in [0.15, 0.2) is 0 Å². The minimum atomic E-state index is 0.623. The largest absolute Gasteiger partial charge is 0.313 e. The Morgan fingerprint density at radius 1 is 1.15 bits per heavy atom. The van der Waals surface area contributed by atoms with Crippen molar-refractivity contribution in [3.63, 3.8) is 0 Å². The Morgan fingerprint density at radius 3 is 2.38 bits per heavy atom. The highest BCUT2D eigenvalue weighted by Gasteiger charge is 2.30. The third kappa shape index (κ3) is 1.61. The first kappa shape index (κ1) is 8.76. The van der Waals surface area contributed by atoms with E-state index in [0.717, 1.165) is 12.5 Å². The van der Waals surface area contributed by atoms with Crippen molar-refractivity contribution >= 4 is 0 Å². The van der Waals surface area contributed by atoms with Gasteiger partial charge in [-0.3, -0.25) is 0 Å². The molecule has 0 amide bonds. The van der Waals surface area contributed by atoms with Gasteiger partial charge in [0, 0.05) is 12.0 Å². The molecule has 1 heterocycles. The molecule has 0 saturated carbocycles. The van der Waals surface area contributed by atoms with E-state index in [-0.39, 0.29) is 0 Å². The van der Waals surface area contributed by atoms with Crippen LogP contribution < -0.4 is 5.32 Å². The number of hydrogen-bond donors (Lipinski definition) is 1. The first-order valence-electron chi connectivity index (χ1n) is 5.07. The Morgan fingerprint density at radius 2 is 1.85 bits per heavy atom. The van der Waals surface area contributed by atoms with Gasteiger partial charge in [0.2, 0.25) is 0 Å². The maximum absolute atomic E-state index is 3.52. The fourth-order valence-corrected chi connectivity index (χ4v) is 2.41. The van der Waals surface area contributed by atoms with E-state index in [1.807, 2.05) is 0 Å². The van der Waals surface area contributed by atoms with Gasteiger partial charge in [-0.1, -0.05) is 37.3 Å². The van der Waals surface area contributed by atoms with E-state index in [4.69, 9.17) is 0 Å². The molecule has 3 unspecified atom stereocenters. The van der Waals surface area contributed by atoms with E-state index in [1.165, 1.54) is 5.56 Å². The molecule has 0 bridgehead atoms. The molecule has 0 radical (unpaired) electrons. The lowest BCUT2D eigenvalue weighted by atomic mass is 9.86. The summed E-state index contributed by atoms with van der Waals surface area (Å²) in [6, 6.07) is 11.5. The molecular formula is C12H17N. The number of rotatable bonds is 1. The van der Waals surface area contributed by atoms with Gasteiger partial charge in [-0.2, -0.15) is 0 Å². The highest BCUT2D eigenvalue weighted by molar-refractivity contribution is 5.23. The van der Waals surface area contributed by atoms with Gasteiger partial charge in [-0.15, -0.1) is 0 Å². The van der Waals surface area contributed by atoms with Crippen LogP contribution in [-0.4, -0.2) is 12.6 Å². The second kappa shape index (κ2) is 3.51. The van der Waals surface area contributed by atoms with Crippen molar-refractivity contribution in [2.75, 3.05) is 6.54 Å². The van der Waals surface area contributed by atoms with Crippen LogP contribution in [0, 0.1) is 5.92 Å². The zero-order chi connectivity index (χ0) is 9.26. The van der Waals surface area contributed by atoms with Gasteiger partial charge in [-0.05, 0) is 24.9 Å². The summed E-state index contributed by atoms with van der Waals surface area (Å²) in [5.74, 6) is 1.46. The molecule has 1 fully saturated rings. The van der Waals surface area contributed by atoms with E-state index < -0.39 is 0 Å². The van der Waals surface area contributed by atoms with Crippen LogP contribution >= 0.6 is 0 Å². The molecule has 2 rings (SSSR count). The molecule has 70 valence electrons. The van der Waals surface area contributed by atoms with Crippen molar-refractivity contribution in [2.24, 2.45) is 5.92 Å². The Kier molecular flexibility index (Phi) is 2.36. The molecular weight excluding hydrogens is 158 g/mol. The van der Waals surface area contributed by atoms with E-state index in [1.54, 1.807) is 0 Å². The molecule has 1 heteroatoms. The second-order valence-corrected chi connectivity index (χ2v) is 4.11. The minimum Gasteiger partial charge on any atom is -0.313 e. The Bertz CT molecular complexity index is 258. The van der Waals surface area contributed by atoms with E-state index >= 15 is 0 Å². The summed E-state index contributed by atoms with van der Waals surface area (Å²) in [4.78, 5) is 0. The van der Waals surface area contributed by atoms with Crippen LogP contribution in [0.4, 0.5) is 0 Å². The van der Waals surface area contributed by atoms with Gasteiger partial charge in [0.1, 0.15) is 0 Å². The minimum absolute atomic E-state index is 0.623. The standard InChI is InChI=1S/C12H17N/c1-9-8-13-10(2)12(9)11-6-4-3-5-7-11/h3-7,9-10,12-13H,8H2,1-2H3. The summed E-state index contributed by atoms with van der Waals surface area (Å²) in [5, 5.41) is 3.52. The van der Waals surface area contributed by atoms with Crippen molar-refractivity contribution < 1.29 is 0 Å². The molecule has 0 aliphatic carbocycles. The normalized spacial score (nSPS) is 33.5. The SMILES string of the molecule is CC1CNC(C)C1c1ccccc1. The fraction of sp³-hybridized carbons (Fsp3) is 0.500. The quantitative estimate of drug-likeness (QED) is 0.691. The molecule has 1 saturated heterocycles. The van der Waals surface area contributed by atoms with E-state index in [0.29, 0.717) is 12.0 Å². The molecule has 0 spiro atoms. The maximum atomic E-state index is 3.52. The van der Waals surface area contributed by atoms with Gasteiger partial charge < -0.3 is 5.32 Å². The summed E-state index contributed by atoms with van der Waals surface area (Å²) < 4.78 is 0. The van der Waals surface area contributed by atoms with Gasteiger partial charge in [-0.25, -0.2) is 0 Å². The third-order valence-electron chi connectivity index (χ3n) is 3.10. The Balaban J connectivity index is 2.25. The van der Waals surface area contributed by atoms with Crippen molar-refractivity contribution in [3.8, 4) is 0 Å². The summed E-state index contributed by atoms with van der Waals surface area (Å²) in [6.45, 7) is 5.76. The molecule has 0 aromatic heterocycles. The second-order valence-electron chi connectivity index (χ2n) is 4.11. The monoisotopic (exact) mass is 175 g/mol. The predicted molar refractivity (Wildman–Crippen MR) is 55.8 cm³/mol. The molecule has 1 nitrogen and oxygen atoms in total. The van der Waals surface area contributed by atoms with Crippen LogP contribution in [0.1, 0.15) is 25.3 Å². The van der Waals surface area contributed by atoms with E-state index in [2.05, 4.69) is 49.5 Å². The summed E-state index contributed by atoms with van der Waals surface area (Å²) in [7, 11) is 0. The zero-order valence-corrected chi connectivity index (χ0v) is 8.33. The third-order valence-corrected chi connectivity index (χ3v) is 3.10. The van der Waals surface area contributed by atoms with Crippen LogP contribution in [0.25, 0.3) is 0 Å². The lowest BCUT2D eigenvalue weighted by molar-refractivity contribution is 0.520. The van der Waals surface area contributed by atoms with Crippen molar-refractivity contribution in [3.05, 3.63) is 35.9 Å². The topological polar surface area (TPSA) is 12.0 Å². The van der Waals surface area contributed by atoms with Crippen LogP contribution in [0.5, 0.6) is 0 Å². The van der Waals surface area contributed by atoms with Crippen LogP contribution in [0.15, 0.2) is 30.3 Å². The van der Waals surface area contributed by atoms with Crippen molar-refractivity contribution in [1.82, 2.24) is 5.32 Å². The van der Waals surface area contributed by atoms with Crippen molar-refractivity contribution in [2.45, 2.75) is 25.8 Å². The fourth-order valence-electron chi connectivity index (χ4n) is 2.41. The van der Waals surface area contributed by atoms with Gasteiger partial charge >= 0.3 is 0 Å². The molecule has 1 aromatic rings. The van der Waals surface area contributed by atoms with Gasteiger partial charge in [0.05, 0.1) is 0 Å². The molecule has 1 aliphatic heterocycles. The lowest BCUT2D eigenvalue weighted by Gasteiger charge is -2.19. The molecule has 3 atom stereocenters.